The third-order valence-electron chi connectivity index (χ3n) is 3.97. The number of anilines is 1. The van der Waals surface area contributed by atoms with E-state index in [4.69, 9.17) is 16.9 Å². The SMILES string of the molecule is N#Cc1ccnc(NCC(C2CC2)C2CC2)c1Cl. The molecule has 1 aromatic rings. The average Bonchev–Trinajstić information content (AvgIpc) is 3.25. The van der Waals surface area contributed by atoms with Gasteiger partial charge in [0, 0.05) is 12.7 Å². The van der Waals surface area contributed by atoms with Crippen molar-refractivity contribution in [3.63, 3.8) is 0 Å². The molecule has 0 atom stereocenters. The van der Waals surface area contributed by atoms with Crippen molar-refractivity contribution >= 4 is 17.4 Å². The van der Waals surface area contributed by atoms with E-state index in [1.165, 1.54) is 25.7 Å². The molecule has 2 saturated carbocycles. The van der Waals surface area contributed by atoms with Gasteiger partial charge in [0.2, 0.25) is 0 Å². The lowest BCUT2D eigenvalue weighted by atomic mass is 9.98. The summed E-state index contributed by atoms with van der Waals surface area (Å²) in [6.45, 7) is 0.941. The standard InChI is InChI=1S/C14H16ClN3/c15-13-11(7-16)5-6-17-14(13)18-8-12(9-1-2-9)10-3-4-10/h5-6,9-10,12H,1-4,8H2,(H,17,18). The quantitative estimate of drug-likeness (QED) is 0.883. The van der Waals surface area contributed by atoms with Crippen LogP contribution in [0.15, 0.2) is 12.3 Å². The molecule has 0 saturated heterocycles. The Hall–Kier alpha value is -1.27. The highest BCUT2D eigenvalue weighted by Crippen LogP contribution is 2.49. The van der Waals surface area contributed by atoms with Gasteiger partial charge in [0.1, 0.15) is 16.9 Å². The van der Waals surface area contributed by atoms with E-state index in [1.807, 2.05) is 0 Å². The maximum absolute atomic E-state index is 8.93. The van der Waals surface area contributed by atoms with Crippen molar-refractivity contribution < 1.29 is 0 Å². The summed E-state index contributed by atoms with van der Waals surface area (Å²) in [5, 5.41) is 12.7. The summed E-state index contributed by atoms with van der Waals surface area (Å²) < 4.78 is 0. The van der Waals surface area contributed by atoms with Crippen LogP contribution >= 0.6 is 11.6 Å². The van der Waals surface area contributed by atoms with Crippen LogP contribution in [-0.4, -0.2) is 11.5 Å². The van der Waals surface area contributed by atoms with Crippen LogP contribution in [0, 0.1) is 29.1 Å². The highest BCUT2D eigenvalue weighted by molar-refractivity contribution is 6.34. The second-order valence-electron chi connectivity index (χ2n) is 5.35. The largest absolute Gasteiger partial charge is 0.369 e. The summed E-state index contributed by atoms with van der Waals surface area (Å²) in [7, 11) is 0. The molecule has 1 heterocycles. The van der Waals surface area contributed by atoms with Gasteiger partial charge < -0.3 is 5.32 Å². The van der Waals surface area contributed by atoms with Crippen molar-refractivity contribution in [1.82, 2.24) is 4.98 Å². The first-order chi connectivity index (χ1) is 8.79. The first-order valence-corrected chi connectivity index (χ1v) is 6.96. The third-order valence-corrected chi connectivity index (χ3v) is 4.35. The van der Waals surface area contributed by atoms with Gasteiger partial charge in [-0.1, -0.05) is 11.6 Å². The molecule has 3 nitrogen and oxygen atoms in total. The van der Waals surface area contributed by atoms with Crippen LogP contribution in [0.25, 0.3) is 0 Å². The van der Waals surface area contributed by atoms with E-state index >= 15 is 0 Å². The maximum Gasteiger partial charge on any atom is 0.146 e. The summed E-state index contributed by atoms with van der Waals surface area (Å²) >= 11 is 6.14. The van der Waals surface area contributed by atoms with Gasteiger partial charge in [-0.25, -0.2) is 4.98 Å². The van der Waals surface area contributed by atoms with E-state index in [-0.39, 0.29) is 0 Å². The van der Waals surface area contributed by atoms with Crippen LogP contribution in [-0.2, 0) is 0 Å². The van der Waals surface area contributed by atoms with Gasteiger partial charge in [0.15, 0.2) is 0 Å². The van der Waals surface area contributed by atoms with Crippen LogP contribution < -0.4 is 5.32 Å². The van der Waals surface area contributed by atoms with Gasteiger partial charge in [0.05, 0.1) is 5.56 Å². The van der Waals surface area contributed by atoms with Crippen molar-refractivity contribution in [3.05, 3.63) is 22.8 Å². The Morgan fingerprint density at radius 2 is 2.06 bits per heavy atom. The summed E-state index contributed by atoms with van der Waals surface area (Å²) in [6.07, 6.45) is 7.14. The smallest absolute Gasteiger partial charge is 0.146 e. The number of halogens is 1. The molecule has 0 spiro atoms. The second-order valence-corrected chi connectivity index (χ2v) is 5.73. The molecule has 0 aliphatic heterocycles. The fourth-order valence-electron chi connectivity index (χ4n) is 2.63. The van der Waals surface area contributed by atoms with Crippen LogP contribution in [0.1, 0.15) is 31.2 Å². The zero-order chi connectivity index (χ0) is 12.5. The molecule has 0 amide bonds. The van der Waals surface area contributed by atoms with Gasteiger partial charge in [-0.05, 0) is 49.5 Å². The van der Waals surface area contributed by atoms with Crippen molar-refractivity contribution in [1.29, 1.82) is 5.26 Å². The number of nitrogens with zero attached hydrogens (tertiary/aromatic N) is 2. The molecule has 3 rings (SSSR count). The van der Waals surface area contributed by atoms with E-state index in [9.17, 15) is 0 Å². The number of pyridine rings is 1. The number of hydrogen-bond donors (Lipinski definition) is 1. The van der Waals surface area contributed by atoms with Crippen LogP contribution in [0.3, 0.4) is 0 Å². The molecule has 0 radical (unpaired) electrons. The maximum atomic E-state index is 8.93. The Morgan fingerprint density at radius 1 is 1.39 bits per heavy atom. The molecule has 0 unspecified atom stereocenters. The van der Waals surface area contributed by atoms with Gasteiger partial charge in [-0.2, -0.15) is 5.26 Å². The van der Waals surface area contributed by atoms with Gasteiger partial charge >= 0.3 is 0 Å². The molecule has 4 heteroatoms. The Kier molecular flexibility index (Phi) is 3.13. The summed E-state index contributed by atoms with van der Waals surface area (Å²) in [6, 6.07) is 3.73. The predicted octanol–water partition coefficient (Wildman–Crippen LogP) is 3.45. The van der Waals surface area contributed by atoms with Crippen LogP contribution in [0.4, 0.5) is 5.82 Å². The van der Waals surface area contributed by atoms with Gasteiger partial charge in [0.25, 0.3) is 0 Å². The first-order valence-electron chi connectivity index (χ1n) is 6.58. The molecule has 1 N–H and O–H groups in total. The molecular formula is C14H16ClN3. The minimum Gasteiger partial charge on any atom is -0.369 e. The number of nitrogens with one attached hydrogen (secondary N) is 1. The zero-order valence-electron chi connectivity index (χ0n) is 10.2. The molecule has 2 aliphatic carbocycles. The summed E-state index contributed by atoms with van der Waals surface area (Å²) in [5.74, 6) is 3.24. The van der Waals surface area contributed by atoms with E-state index in [0.717, 1.165) is 24.3 Å². The zero-order valence-corrected chi connectivity index (χ0v) is 11.0. The lowest BCUT2D eigenvalue weighted by Crippen LogP contribution is -2.19. The Morgan fingerprint density at radius 3 is 2.61 bits per heavy atom. The monoisotopic (exact) mass is 261 g/mol. The molecule has 18 heavy (non-hydrogen) atoms. The molecule has 94 valence electrons. The fraction of sp³-hybridized carbons (Fsp3) is 0.571. The lowest BCUT2D eigenvalue weighted by Gasteiger charge is -2.17. The first kappa shape index (κ1) is 11.8. The van der Waals surface area contributed by atoms with Crippen molar-refractivity contribution in [3.8, 4) is 6.07 Å². The Bertz CT molecular complexity index is 474. The fourth-order valence-corrected chi connectivity index (χ4v) is 2.86. The van der Waals surface area contributed by atoms with Crippen molar-refractivity contribution in [2.45, 2.75) is 25.7 Å². The normalized spacial score (nSPS) is 18.7. The lowest BCUT2D eigenvalue weighted by molar-refractivity contribution is 0.428. The van der Waals surface area contributed by atoms with E-state index < -0.39 is 0 Å². The summed E-state index contributed by atoms with van der Waals surface area (Å²) in [4.78, 5) is 4.22. The number of aromatic nitrogens is 1. The minimum absolute atomic E-state index is 0.449. The van der Waals surface area contributed by atoms with Crippen LogP contribution in [0.5, 0.6) is 0 Å². The minimum atomic E-state index is 0.449. The van der Waals surface area contributed by atoms with Crippen molar-refractivity contribution in [2.75, 3.05) is 11.9 Å². The molecular weight excluding hydrogens is 246 g/mol. The second kappa shape index (κ2) is 4.78. The average molecular weight is 262 g/mol. The number of hydrogen-bond acceptors (Lipinski definition) is 3. The third kappa shape index (κ3) is 2.44. The van der Waals surface area contributed by atoms with E-state index in [1.54, 1.807) is 12.3 Å². The van der Waals surface area contributed by atoms with Gasteiger partial charge in [-0.15, -0.1) is 0 Å². The number of rotatable bonds is 5. The van der Waals surface area contributed by atoms with Crippen molar-refractivity contribution in [2.24, 2.45) is 17.8 Å². The molecule has 0 aromatic carbocycles. The van der Waals surface area contributed by atoms with E-state index in [2.05, 4.69) is 16.4 Å². The Balaban J connectivity index is 1.67. The highest BCUT2D eigenvalue weighted by atomic mass is 35.5. The van der Waals surface area contributed by atoms with Crippen LogP contribution in [0.2, 0.25) is 5.02 Å². The number of nitriles is 1. The molecule has 2 aliphatic rings. The highest BCUT2D eigenvalue weighted by Gasteiger charge is 2.41. The molecule has 0 bridgehead atoms. The Labute approximate surface area is 112 Å². The molecule has 1 aromatic heterocycles. The molecule has 2 fully saturated rings. The topological polar surface area (TPSA) is 48.7 Å². The predicted molar refractivity (Wildman–Crippen MR) is 71.4 cm³/mol. The van der Waals surface area contributed by atoms with Gasteiger partial charge in [-0.3, -0.25) is 0 Å². The summed E-state index contributed by atoms with van der Waals surface area (Å²) in [5.41, 5.74) is 0.489. The van der Waals surface area contributed by atoms with E-state index in [0.29, 0.717) is 16.4 Å².